The van der Waals surface area contributed by atoms with E-state index < -0.39 is 23.3 Å². The van der Waals surface area contributed by atoms with Crippen molar-refractivity contribution in [3.63, 3.8) is 0 Å². The third-order valence-corrected chi connectivity index (χ3v) is 3.06. The number of nitrogens with one attached hydrogen (secondary N) is 2. The molecule has 88 valence electrons. The third kappa shape index (κ3) is 2.31. The Morgan fingerprint density at radius 2 is 2.12 bits per heavy atom. The Labute approximate surface area is 93.6 Å². The molecule has 2 unspecified atom stereocenters. The van der Waals surface area contributed by atoms with Crippen LogP contribution in [0, 0.1) is 16.7 Å². The largest absolute Gasteiger partial charge is 0.392 e. The van der Waals surface area contributed by atoms with Gasteiger partial charge in [-0.2, -0.15) is 5.26 Å². The van der Waals surface area contributed by atoms with Crippen LogP contribution in [0.3, 0.4) is 0 Å². The number of hydrogen-bond donors (Lipinski definition) is 3. The minimum Gasteiger partial charge on any atom is -0.392 e. The van der Waals surface area contributed by atoms with Crippen molar-refractivity contribution in [1.82, 2.24) is 10.6 Å². The van der Waals surface area contributed by atoms with E-state index in [9.17, 15) is 14.7 Å². The highest BCUT2D eigenvalue weighted by atomic mass is 16.3. The summed E-state index contributed by atoms with van der Waals surface area (Å²) < 4.78 is 0. The van der Waals surface area contributed by atoms with Gasteiger partial charge in [0.1, 0.15) is 6.54 Å². The van der Waals surface area contributed by atoms with Crippen LogP contribution in [0.4, 0.5) is 0 Å². The molecule has 0 spiro atoms. The first-order valence-corrected chi connectivity index (χ1v) is 5.03. The van der Waals surface area contributed by atoms with Gasteiger partial charge in [0.25, 0.3) is 0 Å². The van der Waals surface area contributed by atoms with Crippen molar-refractivity contribution >= 4 is 11.8 Å². The molecule has 2 atom stereocenters. The summed E-state index contributed by atoms with van der Waals surface area (Å²) in [6.07, 6.45) is -0.00968. The molecule has 1 aliphatic carbocycles. The van der Waals surface area contributed by atoms with Crippen LogP contribution in [0.25, 0.3) is 0 Å². The third-order valence-electron chi connectivity index (χ3n) is 3.06. The lowest BCUT2D eigenvalue weighted by Gasteiger charge is -2.49. The van der Waals surface area contributed by atoms with Gasteiger partial charge >= 0.3 is 11.8 Å². The van der Waals surface area contributed by atoms with Gasteiger partial charge in [0.05, 0.1) is 12.2 Å². The Kier molecular flexibility index (Phi) is 3.50. The highest BCUT2D eigenvalue weighted by Gasteiger charge is 2.48. The maximum atomic E-state index is 11.3. The van der Waals surface area contributed by atoms with Gasteiger partial charge in [0.2, 0.25) is 0 Å². The van der Waals surface area contributed by atoms with E-state index in [4.69, 9.17) is 5.26 Å². The van der Waals surface area contributed by atoms with Gasteiger partial charge in [-0.15, -0.1) is 0 Å². The van der Waals surface area contributed by atoms with Crippen LogP contribution in [0.2, 0.25) is 0 Å². The van der Waals surface area contributed by atoms with Crippen LogP contribution in [0.1, 0.15) is 20.3 Å². The molecule has 2 amide bonds. The second kappa shape index (κ2) is 4.49. The van der Waals surface area contributed by atoms with E-state index in [0.717, 1.165) is 0 Å². The fraction of sp³-hybridized carbons (Fsp3) is 0.700. The van der Waals surface area contributed by atoms with Crippen LogP contribution in [0.5, 0.6) is 0 Å². The Morgan fingerprint density at radius 3 is 2.56 bits per heavy atom. The molecule has 0 heterocycles. The average molecular weight is 225 g/mol. The number of rotatable bonds is 2. The minimum absolute atomic E-state index is 0.192. The molecule has 0 saturated heterocycles. The van der Waals surface area contributed by atoms with E-state index in [1.807, 2.05) is 13.8 Å². The molecule has 6 heteroatoms. The molecule has 16 heavy (non-hydrogen) atoms. The van der Waals surface area contributed by atoms with Crippen molar-refractivity contribution in [1.29, 1.82) is 5.26 Å². The summed E-state index contributed by atoms with van der Waals surface area (Å²) in [6.45, 7) is 3.45. The van der Waals surface area contributed by atoms with Gasteiger partial charge < -0.3 is 15.7 Å². The molecule has 0 radical (unpaired) electrons. The van der Waals surface area contributed by atoms with Crippen molar-refractivity contribution in [2.45, 2.75) is 32.4 Å². The van der Waals surface area contributed by atoms with Crippen molar-refractivity contribution in [2.24, 2.45) is 5.41 Å². The SMILES string of the molecule is CC1(C)C(O)CC1NC(=O)C(=O)NCC#N. The zero-order chi connectivity index (χ0) is 12.3. The fourth-order valence-electron chi connectivity index (χ4n) is 1.57. The summed E-state index contributed by atoms with van der Waals surface area (Å²) in [6, 6.07) is 1.50. The quantitative estimate of drug-likeness (QED) is 0.410. The topological polar surface area (TPSA) is 102 Å². The molecule has 0 aromatic carbocycles. The number of aliphatic hydroxyl groups is 1. The molecule has 0 bridgehead atoms. The van der Waals surface area contributed by atoms with Crippen LogP contribution >= 0.6 is 0 Å². The number of carbonyl (C=O) groups excluding carboxylic acids is 2. The monoisotopic (exact) mass is 225 g/mol. The molecule has 3 N–H and O–H groups in total. The Morgan fingerprint density at radius 1 is 1.50 bits per heavy atom. The molecule has 6 nitrogen and oxygen atoms in total. The lowest BCUT2D eigenvalue weighted by atomic mass is 9.64. The first-order valence-electron chi connectivity index (χ1n) is 5.03. The number of aliphatic hydroxyl groups excluding tert-OH is 1. The normalized spacial score (nSPS) is 26.1. The van der Waals surface area contributed by atoms with E-state index in [1.165, 1.54) is 0 Å². The number of carbonyl (C=O) groups is 2. The zero-order valence-electron chi connectivity index (χ0n) is 9.28. The predicted octanol–water partition coefficient (Wildman–Crippen LogP) is -1.10. The average Bonchev–Trinajstić information content (AvgIpc) is 2.25. The molecule has 0 aromatic rings. The first kappa shape index (κ1) is 12.5. The summed E-state index contributed by atoms with van der Waals surface area (Å²) >= 11 is 0. The van der Waals surface area contributed by atoms with Crippen LogP contribution in [-0.4, -0.2) is 35.6 Å². The standard InChI is InChI=1S/C10H15N3O3/c1-10(2)6(5-7(10)14)13-9(16)8(15)12-4-3-11/h6-7,14H,4-5H2,1-2H3,(H,12,15)(H,13,16). The van der Waals surface area contributed by atoms with Gasteiger partial charge in [-0.1, -0.05) is 13.8 Å². The van der Waals surface area contributed by atoms with Crippen LogP contribution in [-0.2, 0) is 9.59 Å². The Balaban J connectivity index is 2.42. The van der Waals surface area contributed by atoms with E-state index in [2.05, 4.69) is 10.6 Å². The second-order valence-corrected chi connectivity index (χ2v) is 4.44. The van der Waals surface area contributed by atoms with Gasteiger partial charge in [0.15, 0.2) is 0 Å². The number of nitriles is 1. The molecule has 1 rings (SSSR count). The molecular formula is C10H15N3O3. The molecule has 1 fully saturated rings. The van der Waals surface area contributed by atoms with E-state index >= 15 is 0 Å². The summed E-state index contributed by atoms with van der Waals surface area (Å²) in [7, 11) is 0. The van der Waals surface area contributed by atoms with Crippen molar-refractivity contribution < 1.29 is 14.7 Å². The molecule has 0 aliphatic heterocycles. The Bertz CT molecular complexity index is 346. The first-order chi connectivity index (χ1) is 7.39. The van der Waals surface area contributed by atoms with Gasteiger partial charge in [-0.05, 0) is 6.42 Å². The van der Waals surface area contributed by atoms with Crippen molar-refractivity contribution in [3.8, 4) is 6.07 Å². The number of nitrogens with zero attached hydrogens (tertiary/aromatic N) is 1. The van der Waals surface area contributed by atoms with Gasteiger partial charge in [0, 0.05) is 11.5 Å². The lowest BCUT2D eigenvalue weighted by Crippen LogP contribution is -2.62. The summed E-state index contributed by atoms with van der Waals surface area (Å²) in [5, 5.41) is 22.3. The summed E-state index contributed by atoms with van der Waals surface area (Å²) in [5.41, 5.74) is -0.412. The highest BCUT2D eigenvalue weighted by molar-refractivity contribution is 6.35. The number of amides is 2. The zero-order valence-corrected chi connectivity index (χ0v) is 9.28. The molecule has 1 aliphatic rings. The van der Waals surface area contributed by atoms with Gasteiger partial charge in [-0.25, -0.2) is 0 Å². The van der Waals surface area contributed by atoms with Crippen LogP contribution < -0.4 is 10.6 Å². The van der Waals surface area contributed by atoms with Crippen molar-refractivity contribution in [2.75, 3.05) is 6.54 Å². The second-order valence-electron chi connectivity index (χ2n) is 4.44. The van der Waals surface area contributed by atoms with E-state index in [-0.39, 0.29) is 12.6 Å². The van der Waals surface area contributed by atoms with Crippen molar-refractivity contribution in [3.05, 3.63) is 0 Å². The fourth-order valence-corrected chi connectivity index (χ4v) is 1.57. The number of hydrogen-bond acceptors (Lipinski definition) is 4. The predicted molar refractivity (Wildman–Crippen MR) is 55.0 cm³/mol. The highest BCUT2D eigenvalue weighted by Crippen LogP contribution is 2.40. The van der Waals surface area contributed by atoms with Gasteiger partial charge in [-0.3, -0.25) is 9.59 Å². The van der Waals surface area contributed by atoms with E-state index in [1.54, 1.807) is 6.07 Å². The smallest absolute Gasteiger partial charge is 0.310 e. The van der Waals surface area contributed by atoms with Crippen LogP contribution in [0.15, 0.2) is 0 Å². The Hall–Kier alpha value is -1.61. The summed E-state index contributed by atoms with van der Waals surface area (Å²) in [5.74, 6) is -1.58. The lowest BCUT2D eigenvalue weighted by molar-refractivity contribution is -0.143. The molecule has 0 aromatic heterocycles. The maximum absolute atomic E-state index is 11.3. The maximum Gasteiger partial charge on any atom is 0.310 e. The minimum atomic E-state index is -0.821. The molecular weight excluding hydrogens is 210 g/mol. The molecule has 1 saturated carbocycles. The van der Waals surface area contributed by atoms with E-state index in [0.29, 0.717) is 6.42 Å². The summed E-state index contributed by atoms with van der Waals surface area (Å²) in [4.78, 5) is 22.5.